The molecule has 3 heterocycles. The van der Waals surface area contributed by atoms with Crippen molar-refractivity contribution in [2.24, 2.45) is 5.92 Å². The van der Waals surface area contributed by atoms with Gasteiger partial charge in [0.15, 0.2) is 0 Å². The molecule has 1 N–H and O–H groups in total. The average Bonchev–Trinajstić information content (AvgIpc) is 3.52. The van der Waals surface area contributed by atoms with E-state index < -0.39 is 0 Å². The first-order valence-corrected chi connectivity index (χ1v) is 11.4. The van der Waals surface area contributed by atoms with Gasteiger partial charge in [0.1, 0.15) is 11.5 Å². The van der Waals surface area contributed by atoms with Crippen LogP contribution in [-0.4, -0.2) is 88.7 Å². The number of amides is 2. The second-order valence-corrected chi connectivity index (χ2v) is 8.48. The maximum absolute atomic E-state index is 13.2. The smallest absolute Gasteiger partial charge is 0.317 e. The Bertz CT molecular complexity index is 734. The lowest BCUT2D eigenvalue weighted by Gasteiger charge is -2.38. The van der Waals surface area contributed by atoms with Crippen molar-refractivity contribution in [1.82, 2.24) is 15.1 Å². The molecule has 1 aromatic rings. The fourth-order valence-corrected chi connectivity index (χ4v) is 5.08. The summed E-state index contributed by atoms with van der Waals surface area (Å²) in [7, 11) is 3.30. The summed E-state index contributed by atoms with van der Waals surface area (Å²) < 4.78 is 22.1. The number of ether oxygens (including phenoxy) is 4. The highest BCUT2D eigenvalue weighted by Crippen LogP contribution is 2.38. The fourth-order valence-electron chi connectivity index (χ4n) is 5.08. The molecule has 3 aliphatic rings. The van der Waals surface area contributed by atoms with Gasteiger partial charge in [0.05, 0.1) is 40.1 Å². The average molecular weight is 434 g/mol. The minimum absolute atomic E-state index is 0.00227. The number of morpholine rings is 1. The number of methoxy groups -OCH3 is 2. The van der Waals surface area contributed by atoms with Gasteiger partial charge in [-0.05, 0) is 31.4 Å². The Hall–Kier alpha value is -2.03. The van der Waals surface area contributed by atoms with Crippen LogP contribution in [0, 0.1) is 5.92 Å². The van der Waals surface area contributed by atoms with E-state index in [4.69, 9.17) is 18.9 Å². The van der Waals surface area contributed by atoms with Crippen LogP contribution in [0.15, 0.2) is 18.2 Å². The van der Waals surface area contributed by atoms with Crippen LogP contribution in [0.3, 0.4) is 0 Å². The van der Waals surface area contributed by atoms with Gasteiger partial charge in [-0.25, -0.2) is 4.79 Å². The molecule has 8 heteroatoms. The number of hydrogen-bond acceptors (Lipinski definition) is 6. The summed E-state index contributed by atoms with van der Waals surface area (Å²) in [6.45, 7) is 6.29. The van der Waals surface area contributed by atoms with Crippen LogP contribution in [0.4, 0.5) is 4.79 Å². The lowest BCUT2D eigenvalue weighted by Crippen LogP contribution is -2.53. The van der Waals surface area contributed by atoms with E-state index >= 15 is 0 Å². The summed E-state index contributed by atoms with van der Waals surface area (Å²) in [5.74, 6) is 1.97. The molecule has 0 saturated carbocycles. The van der Waals surface area contributed by atoms with Crippen molar-refractivity contribution in [2.45, 2.75) is 31.3 Å². The van der Waals surface area contributed by atoms with Crippen molar-refractivity contribution in [3.05, 3.63) is 23.8 Å². The van der Waals surface area contributed by atoms with Crippen molar-refractivity contribution in [1.29, 1.82) is 0 Å². The molecule has 3 atom stereocenters. The number of carbonyl (C=O) groups is 1. The molecule has 3 fully saturated rings. The van der Waals surface area contributed by atoms with E-state index in [0.717, 1.165) is 82.4 Å². The third-order valence-corrected chi connectivity index (χ3v) is 6.80. The van der Waals surface area contributed by atoms with Gasteiger partial charge in [-0.15, -0.1) is 0 Å². The van der Waals surface area contributed by atoms with E-state index in [1.54, 1.807) is 14.2 Å². The zero-order valence-corrected chi connectivity index (χ0v) is 18.7. The molecule has 0 aliphatic carbocycles. The van der Waals surface area contributed by atoms with E-state index in [0.29, 0.717) is 12.5 Å². The highest BCUT2D eigenvalue weighted by molar-refractivity contribution is 5.75. The number of benzene rings is 1. The van der Waals surface area contributed by atoms with Crippen LogP contribution in [-0.2, 0) is 9.47 Å². The third kappa shape index (κ3) is 5.07. The van der Waals surface area contributed by atoms with Crippen LogP contribution >= 0.6 is 0 Å². The molecule has 3 saturated heterocycles. The number of rotatable bonds is 7. The van der Waals surface area contributed by atoms with Crippen molar-refractivity contribution in [3.63, 3.8) is 0 Å². The Morgan fingerprint density at radius 3 is 2.68 bits per heavy atom. The SMILES string of the molecule is COc1ccc([C@@H]2CCCN2C(=O)NC[C@H]([C@@H]2CCOC2)N2CCOCC2)c(OC)c1. The Balaban J connectivity index is 1.43. The normalized spacial score (nSPS) is 25.4. The van der Waals surface area contributed by atoms with Crippen molar-refractivity contribution >= 4 is 6.03 Å². The van der Waals surface area contributed by atoms with Crippen LogP contribution in [0.1, 0.15) is 30.9 Å². The van der Waals surface area contributed by atoms with Gasteiger partial charge in [0, 0.05) is 56.4 Å². The Morgan fingerprint density at radius 2 is 1.97 bits per heavy atom. The topological polar surface area (TPSA) is 72.5 Å². The molecule has 4 rings (SSSR count). The minimum atomic E-state index is -0.00227. The van der Waals surface area contributed by atoms with E-state index in [1.165, 1.54) is 0 Å². The Labute approximate surface area is 184 Å². The second kappa shape index (κ2) is 10.5. The summed E-state index contributed by atoms with van der Waals surface area (Å²) in [5.41, 5.74) is 1.03. The lowest BCUT2D eigenvalue weighted by atomic mass is 9.97. The van der Waals surface area contributed by atoms with Gasteiger partial charge in [-0.2, -0.15) is 0 Å². The summed E-state index contributed by atoms with van der Waals surface area (Å²) in [6, 6.07) is 6.13. The molecule has 0 aromatic heterocycles. The molecule has 0 spiro atoms. The summed E-state index contributed by atoms with van der Waals surface area (Å²) in [5, 5.41) is 3.24. The molecular weight excluding hydrogens is 398 g/mol. The molecule has 3 aliphatic heterocycles. The van der Waals surface area contributed by atoms with Crippen LogP contribution in [0.2, 0.25) is 0 Å². The van der Waals surface area contributed by atoms with Crippen LogP contribution in [0.5, 0.6) is 11.5 Å². The van der Waals surface area contributed by atoms with E-state index in [9.17, 15) is 4.79 Å². The summed E-state index contributed by atoms with van der Waals surface area (Å²) >= 11 is 0. The number of nitrogens with one attached hydrogen (secondary N) is 1. The van der Waals surface area contributed by atoms with Gasteiger partial charge >= 0.3 is 6.03 Å². The maximum atomic E-state index is 13.2. The molecule has 0 unspecified atom stereocenters. The van der Waals surface area contributed by atoms with Gasteiger partial charge in [0.25, 0.3) is 0 Å². The third-order valence-electron chi connectivity index (χ3n) is 6.80. The molecule has 8 nitrogen and oxygen atoms in total. The van der Waals surface area contributed by atoms with Gasteiger partial charge in [-0.3, -0.25) is 4.90 Å². The minimum Gasteiger partial charge on any atom is -0.497 e. The maximum Gasteiger partial charge on any atom is 0.317 e. The first-order chi connectivity index (χ1) is 15.2. The lowest BCUT2D eigenvalue weighted by molar-refractivity contribution is 0.00183. The zero-order chi connectivity index (χ0) is 21.6. The Kier molecular flexibility index (Phi) is 7.53. The van der Waals surface area contributed by atoms with Gasteiger partial charge in [-0.1, -0.05) is 0 Å². The highest BCUT2D eigenvalue weighted by Gasteiger charge is 2.35. The number of likely N-dealkylation sites (tertiary alicyclic amines) is 1. The molecule has 31 heavy (non-hydrogen) atoms. The predicted octanol–water partition coefficient (Wildman–Crippen LogP) is 2.29. The second-order valence-electron chi connectivity index (χ2n) is 8.48. The molecule has 172 valence electrons. The monoisotopic (exact) mass is 433 g/mol. The molecule has 2 amide bonds. The molecular formula is C23H35N3O5. The van der Waals surface area contributed by atoms with Crippen molar-refractivity contribution < 1.29 is 23.7 Å². The van der Waals surface area contributed by atoms with Gasteiger partial charge in [0.2, 0.25) is 0 Å². The van der Waals surface area contributed by atoms with Crippen LogP contribution < -0.4 is 14.8 Å². The number of hydrogen-bond donors (Lipinski definition) is 1. The first kappa shape index (κ1) is 22.2. The van der Waals surface area contributed by atoms with Crippen LogP contribution in [0.25, 0.3) is 0 Å². The highest BCUT2D eigenvalue weighted by atomic mass is 16.5. The Morgan fingerprint density at radius 1 is 1.13 bits per heavy atom. The van der Waals surface area contributed by atoms with Gasteiger partial charge < -0.3 is 29.2 Å². The number of carbonyl (C=O) groups excluding carboxylic acids is 1. The first-order valence-electron chi connectivity index (χ1n) is 11.4. The summed E-state index contributed by atoms with van der Waals surface area (Å²) in [4.78, 5) is 17.6. The molecule has 1 aromatic carbocycles. The predicted molar refractivity (Wildman–Crippen MR) is 117 cm³/mol. The van der Waals surface area contributed by atoms with E-state index in [2.05, 4.69) is 10.2 Å². The number of nitrogens with zero attached hydrogens (tertiary/aromatic N) is 2. The number of urea groups is 1. The quantitative estimate of drug-likeness (QED) is 0.711. The van der Waals surface area contributed by atoms with E-state index in [1.807, 2.05) is 23.1 Å². The molecule has 0 bridgehead atoms. The summed E-state index contributed by atoms with van der Waals surface area (Å²) in [6.07, 6.45) is 2.96. The largest absolute Gasteiger partial charge is 0.497 e. The van der Waals surface area contributed by atoms with Crippen molar-refractivity contribution in [3.8, 4) is 11.5 Å². The zero-order valence-electron chi connectivity index (χ0n) is 18.7. The standard InChI is InChI=1S/C23H35N3O5/c1-28-18-5-6-19(22(14-18)29-2)20-4-3-8-26(20)23(27)24-15-21(17-7-11-31-16-17)25-9-12-30-13-10-25/h5-6,14,17,20-21H,3-4,7-13,15-16H2,1-2H3,(H,24,27)/t17-,20+,21-/m1/s1. The molecule has 0 radical (unpaired) electrons. The van der Waals surface area contributed by atoms with Crippen molar-refractivity contribution in [2.75, 3.05) is 66.8 Å². The fraction of sp³-hybridized carbons (Fsp3) is 0.696. The van der Waals surface area contributed by atoms with E-state index in [-0.39, 0.29) is 18.1 Å².